The van der Waals surface area contributed by atoms with Crippen LogP contribution in [0.5, 0.6) is 0 Å². The number of hydrogen-bond donors (Lipinski definition) is 1. The summed E-state index contributed by atoms with van der Waals surface area (Å²) in [7, 11) is 0. The van der Waals surface area contributed by atoms with Gasteiger partial charge in [0.2, 0.25) is 0 Å². The Kier molecular flexibility index (Phi) is 4.32. The quantitative estimate of drug-likeness (QED) is 0.932. The van der Waals surface area contributed by atoms with Gasteiger partial charge in [-0.2, -0.15) is 0 Å². The van der Waals surface area contributed by atoms with E-state index in [0.717, 1.165) is 24.8 Å². The zero-order valence-corrected chi connectivity index (χ0v) is 12.5. The third-order valence-corrected chi connectivity index (χ3v) is 4.95. The SMILES string of the molecule is O=C(O)[C@H]1CC[C@@H]2CCN(C(=O)OCc3ccccc3)C[C@@H]21. The number of carbonyl (C=O) groups excluding carboxylic acids is 1. The summed E-state index contributed by atoms with van der Waals surface area (Å²) in [6, 6.07) is 9.56. The third kappa shape index (κ3) is 3.08. The minimum Gasteiger partial charge on any atom is -0.481 e. The van der Waals surface area contributed by atoms with Crippen LogP contribution in [0.15, 0.2) is 30.3 Å². The van der Waals surface area contributed by atoms with Gasteiger partial charge >= 0.3 is 12.1 Å². The van der Waals surface area contributed by atoms with Crippen LogP contribution in [0.2, 0.25) is 0 Å². The van der Waals surface area contributed by atoms with Crippen LogP contribution in [-0.4, -0.2) is 35.2 Å². The zero-order valence-electron chi connectivity index (χ0n) is 12.5. The number of nitrogens with zero attached hydrogens (tertiary/aromatic N) is 1. The molecule has 2 aliphatic rings. The first kappa shape index (κ1) is 14.9. The number of hydrogen-bond acceptors (Lipinski definition) is 3. The lowest BCUT2D eigenvalue weighted by molar-refractivity contribution is -0.143. The summed E-state index contributed by atoms with van der Waals surface area (Å²) < 4.78 is 5.35. The van der Waals surface area contributed by atoms with Crippen LogP contribution in [0, 0.1) is 17.8 Å². The van der Waals surface area contributed by atoms with Gasteiger partial charge in [-0.3, -0.25) is 4.79 Å². The molecule has 1 N–H and O–H groups in total. The van der Waals surface area contributed by atoms with Crippen molar-refractivity contribution in [2.24, 2.45) is 17.8 Å². The van der Waals surface area contributed by atoms with Crippen molar-refractivity contribution in [3.63, 3.8) is 0 Å². The summed E-state index contributed by atoms with van der Waals surface area (Å²) in [5.41, 5.74) is 0.954. The average Bonchev–Trinajstić information content (AvgIpc) is 2.96. The Labute approximate surface area is 129 Å². The van der Waals surface area contributed by atoms with Crippen LogP contribution in [0.4, 0.5) is 4.79 Å². The molecule has 22 heavy (non-hydrogen) atoms. The predicted octanol–water partition coefficient (Wildman–Crippen LogP) is 2.76. The van der Waals surface area contributed by atoms with E-state index in [2.05, 4.69) is 0 Å². The number of benzene rings is 1. The highest BCUT2D eigenvalue weighted by Crippen LogP contribution is 2.42. The van der Waals surface area contributed by atoms with Crippen LogP contribution in [0.25, 0.3) is 0 Å². The Bertz CT molecular complexity index is 545. The number of aliphatic carboxylic acids is 1. The number of carboxylic acid groups (broad SMARTS) is 1. The number of carboxylic acids is 1. The van der Waals surface area contributed by atoms with Gasteiger partial charge in [-0.25, -0.2) is 4.79 Å². The number of piperidine rings is 1. The molecule has 2 fully saturated rings. The summed E-state index contributed by atoms with van der Waals surface area (Å²) in [5.74, 6) is -0.517. The molecule has 3 rings (SSSR count). The second-order valence-electron chi connectivity index (χ2n) is 6.22. The smallest absolute Gasteiger partial charge is 0.410 e. The van der Waals surface area contributed by atoms with Gasteiger partial charge in [-0.1, -0.05) is 30.3 Å². The molecule has 0 radical (unpaired) electrons. The van der Waals surface area contributed by atoms with Crippen molar-refractivity contribution >= 4 is 12.1 Å². The first-order valence-corrected chi connectivity index (χ1v) is 7.83. The number of amides is 1. The Morgan fingerprint density at radius 1 is 1.18 bits per heavy atom. The highest BCUT2D eigenvalue weighted by molar-refractivity contribution is 5.71. The van der Waals surface area contributed by atoms with Crippen molar-refractivity contribution in [3.8, 4) is 0 Å². The van der Waals surface area contributed by atoms with E-state index in [0.29, 0.717) is 19.0 Å². The van der Waals surface area contributed by atoms with E-state index < -0.39 is 5.97 Å². The summed E-state index contributed by atoms with van der Waals surface area (Å²) in [6.45, 7) is 1.43. The highest BCUT2D eigenvalue weighted by Gasteiger charge is 2.44. The third-order valence-electron chi connectivity index (χ3n) is 4.95. The summed E-state index contributed by atoms with van der Waals surface area (Å²) >= 11 is 0. The average molecular weight is 303 g/mol. The molecule has 5 heteroatoms. The molecule has 1 aromatic rings. The van der Waals surface area contributed by atoms with Crippen molar-refractivity contribution in [2.75, 3.05) is 13.1 Å². The Balaban J connectivity index is 1.56. The van der Waals surface area contributed by atoms with E-state index in [1.165, 1.54) is 0 Å². The minimum absolute atomic E-state index is 0.0792. The lowest BCUT2D eigenvalue weighted by atomic mass is 9.84. The van der Waals surface area contributed by atoms with Crippen molar-refractivity contribution in [1.82, 2.24) is 4.90 Å². The first-order chi connectivity index (χ1) is 10.6. The van der Waals surface area contributed by atoms with Gasteiger partial charge in [0.05, 0.1) is 5.92 Å². The van der Waals surface area contributed by atoms with E-state index in [-0.39, 0.29) is 24.5 Å². The Hall–Kier alpha value is -2.04. The maximum absolute atomic E-state index is 12.2. The van der Waals surface area contributed by atoms with Crippen LogP contribution >= 0.6 is 0 Å². The second kappa shape index (κ2) is 6.38. The lowest BCUT2D eigenvalue weighted by Gasteiger charge is -2.35. The minimum atomic E-state index is -0.730. The Morgan fingerprint density at radius 3 is 2.68 bits per heavy atom. The molecule has 5 nitrogen and oxygen atoms in total. The molecule has 0 bridgehead atoms. The van der Waals surface area contributed by atoms with Gasteiger partial charge in [0.1, 0.15) is 6.61 Å². The standard InChI is InChI=1S/C17H21NO4/c19-16(20)14-7-6-13-8-9-18(10-15(13)14)17(21)22-11-12-4-2-1-3-5-12/h1-5,13-15H,6-11H2,(H,19,20)/t13-,14+,15+/m1/s1. The fraction of sp³-hybridized carbons (Fsp3) is 0.529. The summed E-state index contributed by atoms with van der Waals surface area (Å²) in [6.07, 6.45) is 2.25. The van der Waals surface area contributed by atoms with Gasteiger partial charge in [0, 0.05) is 13.1 Å². The fourth-order valence-electron chi connectivity index (χ4n) is 3.74. The van der Waals surface area contributed by atoms with Gasteiger partial charge in [0.25, 0.3) is 0 Å². The van der Waals surface area contributed by atoms with Gasteiger partial charge in [-0.15, -0.1) is 0 Å². The monoisotopic (exact) mass is 303 g/mol. The largest absolute Gasteiger partial charge is 0.481 e. The van der Waals surface area contributed by atoms with E-state index >= 15 is 0 Å². The second-order valence-corrected chi connectivity index (χ2v) is 6.22. The van der Waals surface area contributed by atoms with Gasteiger partial charge in [-0.05, 0) is 36.7 Å². The molecule has 1 heterocycles. The molecular formula is C17H21NO4. The lowest BCUT2D eigenvalue weighted by Crippen LogP contribution is -2.45. The molecule has 1 amide bonds. The van der Waals surface area contributed by atoms with Crippen molar-refractivity contribution in [2.45, 2.75) is 25.9 Å². The topological polar surface area (TPSA) is 66.8 Å². The molecule has 0 spiro atoms. The molecule has 1 saturated heterocycles. The van der Waals surface area contributed by atoms with Crippen LogP contribution < -0.4 is 0 Å². The van der Waals surface area contributed by atoms with Gasteiger partial charge in [0.15, 0.2) is 0 Å². The molecule has 1 aliphatic carbocycles. The maximum atomic E-state index is 12.2. The van der Waals surface area contributed by atoms with E-state index in [1.807, 2.05) is 30.3 Å². The first-order valence-electron chi connectivity index (χ1n) is 7.83. The number of rotatable bonds is 3. The zero-order chi connectivity index (χ0) is 15.5. The van der Waals surface area contributed by atoms with E-state index in [1.54, 1.807) is 4.90 Å². The number of ether oxygens (including phenoxy) is 1. The van der Waals surface area contributed by atoms with E-state index in [9.17, 15) is 14.7 Å². The molecule has 1 saturated carbocycles. The molecule has 118 valence electrons. The molecule has 3 atom stereocenters. The fourth-order valence-corrected chi connectivity index (χ4v) is 3.74. The number of fused-ring (bicyclic) bond motifs is 1. The number of carbonyl (C=O) groups is 2. The van der Waals surface area contributed by atoms with Crippen molar-refractivity contribution in [1.29, 1.82) is 0 Å². The molecule has 1 aromatic carbocycles. The van der Waals surface area contributed by atoms with E-state index in [4.69, 9.17) is 4.74 Å². The Morgan fingerprint density at radius 2 is 1.95 bits per heavy atom. The van der Waals surface area contributed by atoms with Crippen LogP contribution in [0.3, 0.4) is 0 Å². The highest BCUT2D eigenvalue weighted by atomic mass is 16.6. The molecule has 0 aromatic heterocycles. The van der Waals surface area contributed by atoms with Crippen molar-refractivity contribution < 1.29 is 19.4 Å². The summed E-state index contributed by atoms with van der Waals surface area (Å²) in [4.78, 5) is 25.2. The normalized spacial score (nSPS) is 27.3. The van der Waals surface area contributed by atoms with Crippen molar-refractivity contribution in [3.05, 3.63) is 35.9 Å². The van der Waals surface area contributed by atoms with Gasteiger partial charge < -0.3 is 14.7 Å². The van der Waals surface area contributed by atoms with Crippen LogP contribution in [-0.2, 0) is 16.1 Å². The predicted molar refractivity (Wildman–Crippen MR) is 80.2 cm³/mol. The molecule has 1 aliphatic heterocycles. The molecule has 0 unspecified atom stereocenters. The number of likely N-dealkylation sites (tertiary alicyclic amines) is 1. The molecular weight excluding hydrogens is 282 g/mol. The maximum Gasteiger partial charge on any atom is 0.410 e. The summed E-state index contributed by atoms with van der Waals surface area (Å²) in [5, 5.41) is 9.29. The van der Waals surface area contributed by atoms with Crippen LogP contribution in [0.1, 0.15) is 24.8 Å².